The van der Waals surface area contributed by atoms with Gasteiger partial charge in [0.2, 0.25) is 0 Å². The van der Waals surface area contributed by atoms with E-state index in [1.165, 1.54) is 6.21 Å². The highest BCUT2D eigenvalue weighted by Crippen LogP contribution is 2.34. The minimum absolute atomic E-state index is 0.212. The van der Waals surface area contributed by atoms with E-state index in [9.17, 15) is 14.4 Å². The average molecular weight is 687 g/mol. The van der Waals surface area contributed by atoms with Crippen LogP contribution in [0.1, 0.15) is 43.4 Å². The fraction of sp³-hybridized carbons (Fsp3) is 0.290. The average Bonchev–Trinajstić information content (AvgIpc) is 2.96. The van der Waals surface area contributed by atoms with Gasteiger partial charge in [-0.15, -0.1) is 0 Å². The second kappa shape index (κ2) is 16.3. The zero-order valence-corrected chi connectivity index (χ0v) is 26.2. The fourth-order valence-electron chi connectivity index (χ4n) is 3.65. The van der Waals surface area contributed by atoms with Gasteiger partial charge in [-0.05, 0) is 109 Å². The highest BCUT2D eigenvalue weighted by atomic mass is 127. The molecule has 3 amide bonds. The molecule has 0 heterocycles. The number of hydrogen-bond acceptors (Lipinski definition) is 7. The molecule has 42 heavy (non-hydrogen) atoms. The number of nitrogens with zero attached hydrogens (tertiary/aromatic N) is 1. The maximum atomic E-state index is 12.6. The maximum Gasteiger partial charge on any atom is 0.329 e. The number of rotatable bonds is 13. The van der Waals surface area contributed by atoms with Gasteiger partial charge in [-0.3, -0.25) is 14.4 Å². The van der Waals surface area contributed by atoms with Crippen molar-refractivity contribution in [3.8, 4) is 17.2 Å². The molecule has 0 atom stereocenters. The van der Waals surface area contributed by atoms with Crippen LogP contribution < -0.4 is 30.3 Å². The van der Waals surface area contributed by atoms with Crippen LogP contribution in [-0.4, -0.2) is 43.8 Å². The molecule has 10 nitrogen and oxygen atoms in total. The molecule has 222 valence electrons. The number of aryl methyl sites for hydroxylation is 1. The first-order valence-electron chi connectivity index (χ1n) is 13.5. The Bertz CT molecular complexity index is 1430. The zero-order chi connectivity index (χ0) is 30.5. The molecule has 0 radical (unpaired) electrons. The molecular formula is C31H35IN4O6. The number of amides is 3. The minimum Gasteiger partial charge on any atom is -0.494 e. The Morgan fingerprint density at radius 3 is 2.40 bits per heavy atom. The Morgan fingerprint density at radius 2 is 1.69 bits per heavy atom. The van der Waals surface area contributed by atoms with Gasteiger partial charge >= 0.3 is 11.8 Å². The molecule has 3 aromatic carbocycles. The summed E-state index contributed by atoms with van der Waals surface area (Å²) in [6, 6.07) is 15.9. The molecular weight excluding hydrogens is 651 g/mol. The van der Waals surface area contributed by atoms with Crippen LogP contribution >= 0.6 is 22.6 Å². The van der Waals surface area contributed by atoms with Crippen LogP contribution in [-0.2, 0) is 14.4 Å². The Labute approximate surface area is 259 Å². The topological polar surface area (TPSA) is 127 Å². The predicted octanol–water partition coefficient (Wildman–Crippen LogP) is 5.59. The van der Waals surface area contributed by atoms with Crippen molar-refractivity contribution in [3.05, 3.63) is 74.9 Å². The highest BCUT2D eigenvalue weighted by Gasteiger charge is 2.16. The molecule has 0 fully saturated rings. The molecule has 0 saturated heterocycles. The van der Waals surface area contributed by atoms with Crippen molar-refractivity contribution in [1.29, 1.82) is 0 Å². The van der Waals surface area contributed by atoms with Gasteiger partial charge in [-0.2, -0.15) is 5.10 Å². The third-order valence-corrected chi connectivity index (χ3v) is 6.82. The van der Waals surface area contributed by atoms with E-state index in [-0.39, 0.29) is 12.5 Å². The van der Waals surface area contributed by atoms with E-state index in [2.05, 4.69) is 50.7 Å². The molecule has 3 N–H and O–H groups in total. The van der Waals surface area contributed by atoms with Gasteiger partial charge in [0.15, 0.2) is 18.1 Å². The van der Waals surface area contributed by atoms with Crippen molar-refractivity contribution in [2.24, 2.45) is 5.10 Å². The quantitative estimate of drug-likeness (QED) is 0.0708. The van der Waals surface area contributed by atoms with Crippen molar-refractivity contribution in [1.82, 2.24) is 5.43 Å². The second-order valence-electron chi connectivity index (χ2n) is 9.23. The molecule has 0 aliphatic heterocycles. The number of ether oxygens (including phenoxy) is 3. The molecule has 3 rings (SSSR count). The number of hydrazone groups is 1. The van der Waals surface area contributed by atoms with E-state index >= 15 is 0 Å². The number of halogens is 1. The summed E-state index contributed by atoms with van der Waals surface area (Å²) in [6.45, 7) is 8.61. The molecule has 0 spiro atoms. The van der Waals surface area contributed by atoms with Gasteiger partial charge < -0.3 is 24.8 Å². The third-order valence-electron chi connectivity index (χ3n) is 6.02. The van der Waals surface area contributed by atoms with Crippen LogP contribution in [0.15, 0.2) is 59.7 Å². The largest absolute Gasteiger partial charge is 0.494 e. The standard InChI is InChI=1S/C31H35IN4O6/c1-5-7-15-41-24-13-11-23(12-14-24)34-30(38)31(39)36-33-18-22-16-25(32)29(27(17-22)40-6-2)42-19-28(37)35-26-10-8-9-20(3)21(26)4/h8-14,16-18H,5-7,15,19H2,1-4H3,(H,34,38)(H,35,37)(H,36,39)/b33-18-. The van der Waals surface area contributed by atoms with E-state index in [0.29, 0.717) is 45.3 Å². The number of unbranched alkanes of at least 4 members (excludes halogenated alkanes) is 1. The summed E-state index contributed by atoms with van der Waals surface area (Å²) in [5.74, 6) is -0.575. The van der Waals surface area contributed by atoms with Crippen LogP contribution in [0.3, 0.4) is 0 Å². The molecule has 0 aromatic heterocycles. The molecule has 0 saturated carbocycles. The van der Waals surface area contributed by atoms with E-state index in [1.54, 1.807) is 36.4 Å². The molecule has 0 unspecified atom stereocenters. The van der Waals surface area contributed by atoms with E-state index in [1.807, 2.05) is 39.0 Å². The molecule has 3 aromatic rings. The molecule has 0 aliphatic rings. The summed E-state index contributed by atoms with van der Waals surface area (Å²) in [4.78, 5) is 37.1. The number of anilines is 2. The van der Waals surface area contributed by atoms with Gasteiger partial charge in [0, 0.05) is 11.4 Å². The zero-order valence-electron chi connectivity index (χ0n) is 24.1. The van der Waals surface area contributed by atoms with Crippen LogP contribution in [0, 0.1) is 17.4 Å². The Kier molecular flexibility index (Phi) is 12.6. The lowest BCUT2D eigenvalue weighted by atomic mass is 10.1. The summed E-state index contributed by atoms with van der Waals surface area (Å²) in [7, 11) is 0. The molecule has 11 heteroatoms. The summed E-state index contributed by atoms with van der Waals surface area (Å²) in [5.41, 5.74) is 6.07. The monoisotopic (exact) mass is 686 g/mol. The Morgan fingerprint density at radius 1 is 0.929 bits per heavy atom. The number of benzene rings is 3. The lowest BCUT2D eigenvalue weighted by Crippen LogP contribution is -2.32. The van der Waals surface area contributed by atoms with E-state index in [4.69, 9.17) is 14.2 Å². The summed E-state index contributed by atoms with van der Waals surface area (Å²) < 4.78 is 17.8. The van der Waals surface area contributed by atoms with Crippen LogP contribution in [0.4, 0.5) is 11.4 Å². The Balaban J connectivity index is 1.57. The van der Waals surface area contributed by atoms with Gasteiger partial charge in [-0.1, -0.05) is 25.5 Å². The molecule has 0 bridgehead atoms. The van der Waals surface area contributed by atoms with Crippen molar-refractivity contribution >= 4 is 57.9 Å². The van der Waals surface area contributed by atoms with Crippen LogP contribution in [0.2, 0.25) is 0 Å². The predicted molar refractivity (Wildman–Crippen MR) is 172 cm³/mol. The highest BCUT2D eigenvalue weighted by molar-refractivity contribution is 14.1. The Hall–Kier alpha value is -4.13. The van der Waals surface area contributed by atoms with Gasteiger partial charge in [0.05, 0.1) is 23.0 Å². The number of hydrogen-bond donors (Lipinski definition) is 3. The fourth-order valence-corrected chi connectivity index (χ4v) is 4.43. The second-order valence-corrected chi connectivity index (χ2v) is 10.4. The molecule has 0 aliphatic carbocycles. The SMILES string of the molecule is CCCCOc1ccc(NC(=O)C(=O)N/N=C\c2cc(I)c(OCC(=O)Nc3cccc(C)c3C)c(OCC)c2)cc1. The van der Waals surface area contributed by atoms with Crippen molar-refractivity contribution in [2.75, 3.05) is 30.5 Å². The van der Waals surface area contributed by atoms with Crippen LogP contribution in [0.5, 0.6) is 17.2 Å². The van der Waals surface area contributed by atoms with Gasteiger partial charge in [0.25, 0.3) is 5.91 Å². The van der Waals surface area contributed by atoms with Crippen molar-refractivity contribution in [3.63, 3.8) is 0 Å². The van der Waals surface area contributed by atoms with E-state index in [0.717, 1.165) is 29.7 Å². The maximum absolute atomic E-state index is 12.6. The van der Waals surface area contributed by atoms with Crippen LogP contribution in [0.25, 0.3) is 0 Å². The van der Waals surface area contributed by atoms with Crippen molar-refractivity contribution in [2.45, 2.75) is 40.5 Å². The smallest absolute Gasteiger partial charge is 0.329 e. The first-order valence-corrected chi connectivity index (χ1v) is 14.6. The lowest BCUT2D eigenvalue weighted by Gasteiger charge is -2.15. The van der Waals surface area contributed by atoms with E-state index < -0.39 is 11.8 Å². The summed E-state index contributed by atoms with van der Waals surface area (Å²) in [6.07, 6.45) is 3.37. The first-order chi connectivity index (χ1) is 20.2. The van der Waals surface area contributed by atoms with Gasteiger partial charge in [0.1, 0.15) is 5.75 Å². The number of carbonyl (C=O) groups excluding carboxylic acids is 3. The normalized spacial score (nSPS) is 10.7. The summed E-state index contributed by atoms with van der Waals surface area (Å²) >= 11 is 2.07. The number of nitrogens with one attached hydrogen (secondary N) is 3. The third kappa shape index (κ3) is 9.75. The van der Waals surface area contributed by atoms with Crippen molar-refractivity contribution < 1.29 is 28.6 Å². The lowest BCUT2D eigenvalue weighted by molar-refractivity contribution is -0.136. The van der Waals surface area contributed by atoms with Gasteiger partial charge in [-0.25, -0.2) is 5.43 Å². The number of carbonyl (C=O) groups is 3. The minimum atomic E-state index is -0.927. The summed E-state index contributed by atoms with van der Waals surface area (Å²) in [5, 5.41) is 9.29. The first kappa shape index (κ1) is 32.4.